The summed E-state index contributed by atoms with van der Waals surface area (Å²) in [5, 5.41) is 10.9. The molecule has 0 unspecified atom stereocenters. The monoisotopic (exact) mass is 327 g/mol. The first kappa shape index (κ1) is 16.9. The zero-order valence-electron chi connectivity index (χ0n) is 12.6. The van der Waals surface area contributed by atoms with Crippen LogP contribution in [-0.2, 0) is 10.0 Å². The Hall–Kier alpha value is -1.51. The molecule has 1 N–H and O–H groups in total. The van der Waals surface area contributed by atoms with E-state index in [9.17, 15) is 18.5 Å². The third-order valence-corrected chi connectivity index (χ3v) is 5.29. The van der Waals surface area contributed by atoms with E-state index in [1.807, 2.05) is 0 Å². The smallest absolute Gasteiger partial charge is 0.273 e. The van der Waals surface area contributed by atoms with Crippen LogP contribution >= 0.6 is 0 Å². The Kier molecular flexibility index (Phi) is 5.49. The molecular formula is C14H21N3O4S. The molecule has 0 radical (unpaired) electrons. The van der Waals surface area contributed by atoms with Crippen molar-refractivity contribution in [3.8, 4) is 0 Å². The average Bonchev–Trinajstić information content (AvgIpc) is 2.97. The fourth-order valence-electron chi connectivity index (χ4n) is 2.55. The molecule has 1 aromatic carbocycles. The van der Waals surface area contributed by atoms with Crippen molar-refractivity contribution in [2.75, 3.05) is 26.2 Å². The first-order chi connectivity index (χ1) is 10.4. The summed E-state index contributed by atoms with van der Waals surface area (Å²) in [6.45, 7) is 4.95. The molecule has 1 fully saturated rings. The summed E-state index contributed by atoms with van der Waals surface area (Å²) in [6.07, 6.45) is 3.14. The molecule has 1 aromatic rings. The standard InChI is InChI=1S/C14H21N3O4S/c1-12-5-6-13(11-14(12)17(18)19)22(20,21)15-7-4-10-16-8-2-3-9-16/h5-6,11,15H,2-4,7-10H2,1H3. The lowest BCUT2D eigenvalue weighted by Gasteiger charge is -2.14. The molecule has 0 saturated carbocycles. The summed E-state index contributed by atoms with van der Waals surface area (Å²) in [4.78, 5) is 12.6. The number of nitro benzene ring substituents is 1. The Morgan fingerprint density at radius 2 is 2.00 bits per heavy atom. The molecule has 0 amide bonds. The number of nitro groups is 1. The van der Waals surface area contributed by atoms with Gasteiger partial charge in [-0.05, 0) is 51.9 Å². The predicted octanol–water partition coefficient (Wildman–Crippen LogP) is 1.67. The van der Waals surface area contributed by atoms with Crippen LogP contribution in [0.3, 0.4) is 0 Å². The van der Waals surface area contributed by atoms with Crippen LogP contribution in [0.15, 0.2) is 23.1 Å². The van der Waals surface area contributed by atoms with Crippen molar-refractivity contribution in [2.24, 2.45) is 0 Å². The van der Waals surface area contributed by atoms with Crippen molar-refractivity contribution >= 4 is 15.7 Å². The maximum absolute atomic E-state index is 12.2. The minimum atomic E-state index is -3.70. The number of hydrogen-bond donors (Lipinski definition) is 1. The highest BCUT2D eigenvalue weighted by Crippen LogP contribution is 2.22. The van der Waals surface area contributed by atoms with E-state index in [0.717, 1.165) is 32.1 Å². The van der Waals surface area contributed by atoms with Crippen molar-refractivity contribution in [2.45, 2.75) is 31.1 Å². The molecule has 1 heterocycles. The van der Waals surface area contributed by atoms with Gasteiger partial charge in [-0.2, -0.15) is 0 Å². The molecule has 0 spiro atoms. The Morgan fingerprint density at radius 1 is 1.32 bits per heavy atom. The molecule has 1 aliphatic heterocycles. The maximum atomic E-state index is 12.2. The van der Waals surface area contributed by atoms with E-state index in [1.54, 1.807) is 6.92 Å². The van der Waals surface area contributed by atoms with Crippen LogP contribution in [0.4, 0.5) is 5.69 Å². The van der Waals surface area contributed by atoms with Gasteiger partial charge < -0.3 is 4.90 Å². The highest BCUT2D eigenvalue weighted by Gasteiger charge is 2.19. The average molecular weight is 327 g/mol. The van der Waals surface area contributed by atoms with Gasteiger partial charge in [0, 0.05) is 18.2 Å². The zero-order chi connectivity index (χ0) is 16.2. The highest BCUT2D eigenvalue weighted by atomic mass is 32.2. The summed E-state index contributed by atoms with van der Waals surface area (Å²) in [5.41, 5.74) is 0.262. The van der Waals surface area contributed by atoms with Gasteiger partial charge in [-0.25, -0.2) is 13.1 Å². The number of nitrogens with one attached hydrogen (secondary N) is 1. The quantitative estimate of drug-likeness (QED) is 0.467. The van der Waals surface area contributed by atoms with Crippen LogP contribution in [-0.4, -0.2) is 44.4 Å². The Balaban J connectivity index is 1.94. The van der Waals surface area contributed by atoms with Crippen molar-refractivity contribution in [1.29, 1.82) is 0 Å². The fourth-order valence-corrected chi connectivity index (χ4v) is 3.65. The number of sulfonamides is 1. The Labute approximate surface area is 130 Å². The topological polar surface area (TPSA) is 92.6 Å². The van der Waals surface area contributed by atoms with Crippen LogP contribution in [0.5, 0.6) is 0 Å². The number of rotatable bonds is 7. The normalized spacial score (nSPS) is 16.0. The second kappa shape index (κ2) is 7.17. The highest BCUT2D eigenvalue weighted by molar-refractivity contribution is 7.89. The van der Waals surface area contributed by atoms with Gasteiger partial charge in [0.2, 0.25) is 10.0 Å². The summed E-state index contributed by atoms with van der Waals surface area (Å²) in [6, 6.07) is 3.96. The van der Waals surface area contributed by atoms with Gasteiger partial charge in [-0.15, -0.1) is 0 Å². The number of likely N-dealkylation sites (tertiary alicyclic amines) is 1. The van der Waals surface area contributed by atoms with E-state index >= 15 is 0 Å². The Morgan fingerprint density at radius 3 is 2.64 bits per heavy atom. The molecule has 8 heteroatoms. The molecule has 0 aliphatic carbocycles. The van der Waals surface area contributed by atoms with Gasteiger partial charge in [0.1, 0.15) is 0 Å². The van der Waals surface area contributed by atoms with Gasteiger partial charge in [0.05, 0.1) is 9.82 Å². The van der Waals surface area contributed by atoms with Gasteiger partial charge in [0.25, 0.3) is 5.69 Å². The van der Waals surface area contributed by atoms with E-state index in [2.05, 4.69) is 9.62 Å². The van der Waals surface area contributed by atoms with Crippen LogP contribution in [0.1, 0.15) is 24.8 Å². The Bertz CT molecular complexity index is 639. The predicted molar refractivity (Wildman–Crippen MR) is 83.3 cm³/mol. The van der Waals surface area contributed by atoms with Crippen LogP contribution in [0.2, 0.25) is 0 Å². The lowest BCUT2D eigenvalue weighted by Crippen LogP contribution is -2.28. The summed E-state index contributed by atoms with van der Waals surface area (Å²) in [7, 11) is -3.70. The number of benzene rings is 1. The first-order valence-electron chi connectivity index (χ1n) is 7.37. The van der Waals surface area contributed by atoms with Crippen LogP contribution in [0, 0.1) is 17.0 Å². The molecule has 1 saturated heterocycles. The largest absolute Gasteiger partial charge is 0.303 e. The van der Waals surface area contributed by atoms with E-state index in [4.69, 9.17) is 0 Å². The second-order valence-corrected chi connectivity index (χ2v) is 7.27. The van der Waals surface area contributed by atoms with E-state index in [-0.39, 0.29) is 10.6 Å². The number of aryl methyl sites for hydroxylation is 1. The van der Waals surface area contributed by atoms with Crippen molar-refractivity contribution in [1.82, 2.24) is 9.62 Å². The number of nitrogens with zero attached hydrogens (tertiary/aromatic N) is 2. The van der Waals surface area contributed by atoms with E-state index in [1.165, 1.54) is 25.0 Å². The molecule has 22 heavy (non-hydrogen) atoms. The lowest BCUT2D eigenvalue weighted by atomic mass is 10.2. The molecule has 2 rings (SSSR count). The molecule has 0 aromatic heterocycles. The summed E-state index contributed by atoms with van der Waals surface area (Å²) in [5.74, 6) is 0. The summed E-state index contributed by atoms with van der Waals surface area (Å²) >= 11 is 0. The minimum Gasteiger partial charge on any atom is -0.303 e. The van der Waals surface area contributed by atoms with Crippen molar-refractivity contribution < 1.29 is 13.3 Å². The summed E-state index contributed by atoms with van der Waals surface area (Å²) < 4.78 is 26.8. The van der Waals surface area contributed by atoms with E-state index < -0.39 is 14.9 Å². The van der Waals surface area contributed by atoms with Gasteiger partial charge >= 0.3 is 0 Å². The first-order valence-corrected chi connectivity index (χ1v) is 8.85. The van der Waals surface area contributed by atoms with Gasteiger partial charge in [0.15, 0.2) is 0 Å². The molecule has 0 bridgehead atoms. The van der Waals surface area contributed by atoms with Crippen molar-refractivity contribution in [3.05, 3.63) is 33.9 Å². The zero-order valence-corrected chi connectivity index (χ0v) is 13.4. The third-order valence-electron chi connectivity index (χ3n) is 3.83. The molecule has 122 valence electrons. The fraction of sp³-hybridized carbons (Fsp3) is 0.571. The molecular weight excluding hydrogens is 306 g/mol. The molecule has 7 nitrogen and oxygen atoms in total. The van der Waals surface area contributed by atoms with E-state index in [0.29, 0.717) is 12.1 Å². The molecule has 1 aliphatic rings. The van der Waals surface area contributed by atoms with Crippen molar-refractivity contribution in [3.63, 3.8) is 0 Å². The SMILES string of the molecule is Cc1ccc(S(=O)(=O)NCCCN2CCCC2)cc1[N+](=O)[O-]. The second-order valence-electron chi connectivity index (χ2n) is 5.51. The van der Waals surface area contributed by atoms with Crippen LogP contribution in [0.25, 0.3) is 0 Å². The maximum Gasteiger partial charge on any atom is 0.273 e. The van der Waals surface area contributed by atoms with Gasteiger partial charge in [-0.1, -0.05) is 6.07 Å². The molecule has 0 atom stereocenters. The van der Waals surface area contributed by atoms with Crippen LogP contribution < -0.4 is 4.72 Å². The van der Waals surface area contributed by atoms with Gasteiger partial charge in [-0.3, -0.25) is 10.1 Å². The third kappa shape index (κ3) is 4.25. The lowest BCUT2D eigenvalue weighted by molar-refractivity contribution is -0.385. The minimum absolute atomic E-state index is 0.0639. The number of hydrogen-bond acceptors (Lipinski definition) is 5.